The summed E-state index contributed by atoms with van der Waals surface area (Å²) in [6.45, 7) is 1.94. The molecule has 1 rings (SSSR count). The Kier molecular flexibility index (Phi) is 3.04. The summed E-state index contributed by atoms with van der Waals surface area (Å²) in [7, 11) is 1.29. The van der Waals surface area contributed by atoms with E-state index in [-0.39, 0.29) is 0 Å². The van der Waals surface area contributed by atoms with E-state index in [1.807, 2.05) is 13.0 Å². The minimum atomic E-state index is -0.552. The molecule has 1 heterocycles. The zero-order valence-corrected chi connectivity index (χ0v) is 7.50. The van der Waals surface area contributed by atoms with Crippen LogP contribution in [0, 0.1) is 18.8 Å². The number of rotatable bonds is 0. The van der Waals surface area contributed by atoms with Gasteiger partial charge in [0.15, 0.2) is 0 Å². The SMILES string of the molecule is COC(=O)C#Cc1cc(C)ccn1. The molecule has 0 aliphatic rings. The van der Waals surface area contributed by atoms with Crippen molar-refractivity contribution in [3.8, 4) is 11.8 Å². The van der Waals surface area contributed by atoms with E-state index in [0.717, 1.165) is 5.56 Å². The normalized spacial score (nSPS) is 8.46. The Labute approximate surface area is 76.8 Å². The molecule has 0 fully saturated rings. The van der Waals surface area contributed by atoms with Gasteiger partial charge in [0.25, 0.3) is 0 Å². The molecular formula is C10H9NO2. The molecular weight excluding hydrogens is 166 g/mol. The molecule has 0 atom stereocenters. The fourth-order valence-electron chi connectivity index (χ4n) is 0.771. The van der Waals surface area contributed by atoms with Crippen LogP contribution in [-0.2, 0) is 9.53 Å². The van der Waals surface area contributed by atoms with Crippen LogP contribution in [0.5, 0.6) is 0 Å². The minimum Gasteiger partial charge on any atom is -0.459 e. The summed E-state index contributed by atoms with van der Waals surface area (Å²) in [6.07, 6.45) is 1.65. The number of carbonyl (C=O) groups excluding carboxylic acids is 1. The number of esters is 1. The lowest BCUT2D eigenvalue weighted by Gasteiger charge is -1.90. The number of hydrogen-bond acceptors (Lipinski definition) is 3. The minimum absolute atomic E-state index is 0.552. The number of hydrogen-bond donors (Lipinski definition) is 0. The maximum atomic E-state index is 10.6. The van der Waals surface area contributed by atoms with E-state index in [1.54, 1.807) is 12.3 Å². The summed E-state index contributed by atoms with van der Waals surface area (Å²) in [6, 6.07) is 3.67. The number of ether oxygens (including phenoxy) is 1. The van der Waals surface area contributed by atoms with Crippen LogP contribution in [0.2, 0.25) is 0 Å². The number of carbonyl (C=O) groups is 1. The first-order valence-electron chi connectivity index (χ1n) is 3.75. The molecule has 3 heteroatoms. The van der Waals surface area contributed by atoms with Gasteiger partial charge in [0.1, 0.15) is 5.69 Å². The average molecular weight is 175 g/mol. The molecule has 0 amide bonds. The molecule has 0 bridgehead atoms. The van der Waals surface area contributed by atoms with E-state index in [9.17, 15) is 4.79 Å². The second kappa shape index (κ2) is 4.27. The van der Waals surface area contributed by atoms with Gasteiger partial charge in [-0.25, -0.2) is 9.78 Å². The molecule has 0 saturated carbocycles. The summed E-state index contributed by atoms with van der Waals surface area (Å²) in [5, 5.41) is 0. The third-order valence-electron chi connectivity index (χ3n) is 1.39. The zero-order valence-electron chi connectivity index (χ0n) is 7.50. The van der Waals surface area contributed by atoms with Gasteiger partial charge < -0.3 is 4.74 Å². The standard InChI is InChI=1S/C10H9NO2/c1-8-5-6-11-9(7-8)3-4-10(12)13-2/h5-7H,1-2H3. The number of aromatic nitrogens is 1. The number of aryl methyl sites for hydroxylation is 1. The van der Waals surface area contributed by atoms with Crippen LogP contribution in [0.15, 0.2) is 18.3 Å². The van der Waals surface area contributed by atoms with Crippen molar-refractivity contribution in [1.29, 1.82) is 0 Å². The van der Waals surface area contributed by atoms with Crippen LogP contribution in [-0.4, -0.2) is 18.1 Å². The summed E-state index contributed by atoms with van der Waals surface area (Å²) in [4.78, 5) is 14.6. The lowest BCUT2D eigenvalue weighted by Crippen LogP contribution is -1.94. The average Bonchev–Trinajstić information content (AvgIpc) is 2.14. The molecule has 1 aromatic heterocycles. The van der Waals surface area contributed by atoms with Gasteiger partial charge in [0, 0.05) is 12.1 Å². The topological polar surface area (TPSA) is 39.2 Å². The van der Waals surface area contributed by atoms with E-state index in [1.165, 1.54) is 7.11 Å². The summed E-state index contributed by atoms with van der Waals surface area (Å²) < 4.78 is 4.36. The van der Waals surface area contributed by atoms with Gasteiger partial charge in [0.05, 0.1) is 7.11 Å². The van der Waals surface area contributed by atoms with Crippen molar-refractivity contribution < 1.29 is 9.53 Å². The third-order valence-corrected chi connectivity index (χ3v) is 1.39. The van der Waals surface area contributed by atoms with Gasteiger partial charge in [-0.3, -0.25) is 0 Å². The Balaban J connectivity index is 2.83. The first kappa shape index (κ1) is 9.27. The van der Waals surface area contributed by atoms with Gasteiger partial charge >= 0.3 is 5.97 Å². The molecule has 0 aliphatic heterocycles. The predicted octanol–water partition coefficient (Wildman–Crippen LogP) is 0.915. The van der Waals surface area contributed by atoms with E-state index in [2.05, 4.69) is 21.6 Å². The van der Waals surface area contributed by atoms with Crippen molar-refractivity contribution in [3.63, 3.8) is 0 Å². The second-order valence-corrected chi connectivity index (χ2v) is 2.46. The Morgan fingerprint density at radius 1 is 1.62 bits per heavy atom. The summed E-state index contributed by atoms with van der Waals surface area (Å²) >= 11 is 0. The van der Waals surface area contributed by atoms with Gasteiger partial charge in [0.2, 0.25) is 0 Å². The van der Waals surface area contributed by atoms with Crippen molar-refractivity contribution in [3.05, 3.63) is 29.6 Å². The van der Waals surface area contributed by atoms with Gasteiger partial charge in [-0.1, -0.05) is 0 Å². The first-order valence-corrected chi connectivity index (χ1v) is 3.75. The number of methoxy groups -OCH3 is 1. The summed E-state index contributed by atoms with van der Waals surface area (Å²) in [5.74, 6) is 4.35. The van der Waals surface area contributed by atoms with Crippen molar-refractivity contribution in [2.75, 3.05) is 7.11 Å². The van der Waals surface area contributed by atoms with E-state index in [4.69, 9.17) is 0 Å². The van der Waals surface area contributed by atoms with Crippen molar-refractivity contribution in [2.24, 2.45) is 0 Å². The highest BCUT2D eigenvalue weighted by molar-refractivity contribution is 5.88. The van der Waals surface area contributed by atoms with Crippen molar-refractivity contribution >= 4 is 5.97 Å². The molecule has 0 radical (unpaired) electrons. The van der Waals surface area contributed by atoms with Crippen LogP contribution in [0.3, 0.4) is 0 Å². The van der Waals surface area contributed by atoms with Crippen LogP contribution in [0.25, 0.3) is 0 Å². The molecule has 3 nitrogen and oxygen atoms in total. The van der Waals surface area contributed by atoms with Crippen LogP contribution in [0.4, 0.5) is 0 Å². The lowest BCUT2D eigenvalue weighted by atomic mass is 10.2. The molecule has 1 aromatic rings. The maximum Gasteiger partial charge on any atom is 0.384 e. The highest BCUT2D eigenvalue weighted by atomic mass is 16.5. The molecule has 0 N–H and O–H groups in total. The van der Waals surface area contributed by atoms with E-state index >= 15 is 0 Å². The lowest BCUT2D eigenvalue weighted by molar-refractivity contribution is -0.133. The Morgan fingerprint density at radius 2 is 2.38 bits per heavy atom. The van der Waals surface area contributed by atoms with Crippen LogP contribution >= 0.6 is 0 Å². The number of pyridine rings is 1. The predicted molar refractivity (Wildman–Crippen MR) is 47.9 cm³/mol. The molecule has 66 valence electrons. The largest absolute Gasteiger partial charge is 0.459 e. The smallest absolute Gasteiger partial charge is 0.384 e. The fraction of sp³-hybridized carbons (Fsp3) is 0.200. The van der Waals surface area contributed by atoms with E-state index < -0.39 is 5.97 Å². The van der Waals surface area contributed by atoms with Crippen molar-refractivity contribution in [1.82, 2.24) is 4.98 Å². The second-order valence-electron chi connectivity index (χ2n) is 2.46. The molecule has 0 aliphatic carbocycles. The van der Waals surface area contributed by atoms with E-state index in [0.29, 0.717) is 5.69 Å². The molecule has 0 unspecified atom stereocenters. The molecule has 0 spiro atoms. The van der Waals surface area contributed by atoms with Crippen LogP contribution < -0.4 is 0 Å². The first-order chi connectivity index (χ1) is 6.22. The molecule has 13 heavy (non-hydrogen) atoms. The van der Waals surface area contributed by atoms with Crippen molar-refractivity contribution in [2.45, 2.75) is 6.92 Å². The zero-order chi connectivity index (χ0) is 9.68. The quantitative estimate of drug-likeness (QED) is 0.434. The van der Waals surface area contributed by atoms with Gasteiger partial charge in [-0.15, -0.1) is 0 Å². The Bertz CT molecular complexity index is 374. The monoisotopic (exact) mass is 175 g/mol. The third kappa shape index (κ3) is 2.96. The van der Waals surface area contributed by atoms with Gasteiger partial charge in [-0.05, 0) is 30.5 Å². The van der Waals surface area contributed by atoms with Gasteiger partial charge in [-0.2, -0.15) is 0 Å². The highest BCUT2D eigenvalue weighted by Gasteiger charge is 1.91. The summed E-state index contributed by atoms with van der Waals surface area (Å²) in [5.41, 5.74) is 1.63. The fourth-order valence-corrected chi connectivity index (χ4v) is 0.771. The number of nitrogens with zero attached hydrogens (tertiary/aromatic N) is 1. The maximum absolute atomic E-state index is 10.6. The Morgan fingerprint density at radius 3 is 3.00 bits per heavy atom. The molecule has 0 aromatic carbocycles. The van der Waals surface area contributed by atoms with Crippen LogP contribution in [0.1, 0.15) is 11.3 Å². The Hall–Kier alpha value is -1.82. The highest BCUT2D eigenvalue weighted by Crippen LogP contribution is 1.97. The molecule has 0 saturated heterocycles.